The van der Waals surface area contributed by atoms with Crippen LogP contribution in [-0.4, -0.2) is 70.0 Å². The van der Waals surface area contributed by atoms with Gasteiger partial charge in [-0.1, -0.05) is 18.2 Å². The fraction of sp³-hybridized carbons (Fsp3) is 0.304. The minimum Gasteiger partial charge on any atom is -0.395 e. The summed E-state index contributed by atoms with van der Waals surface area (Å²) in [5.74, 6) is -0.125. The summed E-state index contributed by atoms with van der Waals surface area (Å²) in [6.07, 6.45) is 4.02. The largest absolute Gasteiger partial charge is 0.395 e. The number of carbonyl (C=O) groups is 2. The smallest absolute Gasteiger partial charge is 0.255 e. The van der Waals surface area contributed by atoms with Crippen molar-refractivity contribution in [2.45, 2.75) is 12.3 Å². The van der Waals surface area contributed by atoms with Gasteiger partial charge in [0.2, 0.25) is 0 Å². The normalized spacial score (nSPS) is 16.1. The zero-order valence-electron chi connectivity index (χ0n) is 16.9. The van der Waals surface area contributed by atoms with Crippen molar-refractivity contribution in [3.05, 3.63) is 71.7 Å². The fourth-order valence-corrected chi connectivity index (χ4v) is 3.90. The molecule has 3 aromatic rings. The highest BCUT2D eigenvalue weighted by Crippen LogP contribution is 2.30. The lowest BCUT2D eigenvalue weighted by atomic mass is 9.99. The van der Waals surface area contributed by atoms with Gasteiger partial charge in [-0.2, -0.15) is 0 Å². The number of aliphatic hydroxyl groups excluding tert-OH is 1. The standard InChI is InChI=1S/C23H24N4O3/c1-26(11-12-28)23(30)19-13-21(25-20-7-3-2-6-18(19)20)17-8-10-27(15-17)22(29)16-5-4-9-24-14-16/h2-7,9,13-14,17,28H,8,10-12,15H2,1H3/t17-/m1/s1. The van der Waals surface area contributed by atoms with E-state index >= 15 is 0 Å². The number of aliphatic hydroxyl groups is 1. The number of pyridine rings is 2. The van der Waals surface area contributed by atoms with Gasteiger partial charge in [0.1, 0.15) is 0 Å². The summed E-state index contributed by atoms with van der Waals surface area (Å²) in [7, 11) is 1.68. The van der Waals surface area contributed by atoms with Crippen molar-refractivity contribution in [2.24, 2.45) is 0 Å². The number of hydrogen-bond acceptors (Lipinski definition) is 5. The first kappa shape index (κ1) is 20.0. The van der Waals surface area contributed by atoms with E-state index in [1.54, 1.807) is 31.6 Å². The topological polar surface area (TPSA) is 86.6 Å². The lowest BCUT2D eigenvalue weighted by Crippen LogP contribution is -2.30. The van der Waals surface area contributed by atoms with Crippen LogP contribution >= 0.6 is 0 Å². The van der Waals surface area contributed by atoms with Gasteiger partial charge in [0.25, 0.3) is 11.8 Å². The molecule has 0 bridgehead atoms. The fourth-order valence-electron chi connectivity index (χ4n) is 3.90. The minimum atomic E-state index is -0.148. The monoisotopic (exact) mass is 404 g/mol. The number of benzene rings is 1. The van der Waals surface area contributed by atoms with Crippen LogP contribution in [0.1, 0.15) is 38.7 Å². The van der Waals surface area contributed by atoms with E-state index in [0.29, 0.717) is 24.2 Å². The first-order valence-electron chi connectivity index (χ1n) is 10.0. The summed E-state index contributed by atoms with van der Waals surface area (Å²) < 4.78 is 0. The van der Waals surface area contributed by atoms with E-state index in [-0.39, 0.29) is 30.9 Å². The zero-order valence-corrected chi connectivity index (χ0v) is 16.9. The molecule has 7 heteroatoms. The number of fused-ring (bicyclic) bond motifs is 1. The predicted molar refractivity (Wildman–Crippen MR) is 113 cm³/mol. The van der Waals surface area contributed by atoms with E-state index < -0.39 is 0 Å². The van der Waals surface area contributed by atoms with E-state index in [1.807, 2.05) is 35.2 Å². The Balaban J connectivity index is 1.63. The molecule has 2 aromatic heterocycles. The number of para-hydroxylation sites is 1. The van der Waals surface area contributed by atoms with Gasteiger partial charge in [0.05, 0.1) is 23.3 Å². The molecule has 1 atom stereocenters. The van der Waals surface area contributed by atoms with Crippen LogP contribution in [0.25, 0.3) is 10.9 Å². The molecular weight excluding hydrogens is 380 g/mol. The number of likely N-dealkylation sites (tertiary alicyclic amines) is 1. The second-order valence-electron chi connectivity index (χ2n) is 7.54. The second kappa shape index (κ2) is 8.59. The van der Waals surface area contributed by atoms with Gasteiger partial charge in [-0.05, 0) is 30.7 Å². The molecule has 0 spiro atoms. The molecule has 4 rings (SSSR count). The van der Waals surface area contributed by atoms with Gasteiger partial charge >= 0.3 is 0 Å². The van der Waals surface area contributed by atoms with Gasteiger partial charge in [0, 0.05) is 56.1 Å². The summed E-state index contributed by atoms with van der Waals surface area (Å²) in [5, 5.41) is 9.99. The van der Waals surface area contributed by atoms with E-state index in [2.05, 4.69) is 4.98 Å². The van der Waals surface area contributed by atoms with Crippen molar-refractivity contribution in [3.63, 3.8) is 0 Å². The third-order valence-corrected chi connectivity index (χ3v) is 5.55. The average molecular weight is 404 g/mol. The van der Waals surface area contributed by atoms with Crippen molar-refractivity contribution in [2.75, 3.05) is 33.3 Å². The van der Waals surface area contributed by atoms with Crippen molar-refractivity contribution < 1.29 is 14.7 Å². The van der Waals surface area contributed by atoms with Crippen molar-refractivity contribution in [3.8, 4) is 0 Å². The molecule has 0 saturated carbocycles. The Hall–Kier alpha value is -3.32. The SMILES string of the molecule is CN(CCO)C(=O)c1cc([C@@H]2CCN(C(=O)c3cccnc3)C2)nc2ccccc12. The molecule has 2 amide bonds. The van der Waals surface area contributed by atoms with Crippen LogP contribution in [-0.2, 0) is 0 Å². The molecule has 154 valence electrons. The molecule has 30 heavy (non-hydrogen) atoms. The minimum absolute atomic E-state index is 0.0367. The van der Waals surface area contributed by atoms with Crippen molar-refractivity contribution in [1.82, 2.24) is 19.8 Å². The third-order valence-electron chi connectivity index (χ3n) is 5.55. The average Bonchev–Trinajstić information content (AvgIpc) is 3.28. The molecule has 1 aliphatic rings. The first-order chi connectivity index (χ1) is 14.6. The number of aromatic nitrogens is 2. The summed E-state index contributed by atoms with van der Waals surface area (Å²) in [6.45, 7) is 1.37. The van der Waals surface area contributed by atoms with Gasteiger partial charge in [-0.25, -0.2) is 0 Å². The highest BCUT2D eigenvalue weighted by atomic mass is 16.3. The lowest BCUT2D eigenvalue weighted by Gasteiger charge is -2.19. The summed E-state index contributed by atoms with van der Waals surface area (Å²) in [5.41, 5.74) is 2.72. The number of amides is 2. The van der Waals surface area contributed by atoms with Crippen molar-refractivity contribution in [1.29, 1.82) is 0 Å². The molecule has 1 fully saturated rings. The molecule has 1 aliphatic heterocycles. The van der Waals surface area contributed by atoms with Crippen LogP contribution < -0.4 is 0 Å². The Bertz CT molecular complexity index is 1070. The number of rotatable bonds is 5. The molecule has 1 N–H and O–H groups in total. The van der Waals surface area contributed by atoms with Crippen LogP contribution in [0.3, 0.4) is 0 Å². The van der Waals surface area contributed by atoms with Crippen LogP contribution in [0.4, 0.5) is 0 Å². The van der Waals surface area contributed by atoms with Crippen molar-refractivity contribution >= 4 is 22.7 Å². The van der Waals surface area contributed by atoms with Gasteiger partial charge in [0.15, 0.2) is 0 Å². The molecule has 1 aromatic carbocycles. The van der Waals surface area contributed by atoms with Gasteiger partial charge < -0.3 is 14.9 Å². The van der Waals surface area contributed by atoms with Crippen LogP contribution in [0.15, 0.2) is 54.9 Å². The Morgan fingerprint density at radius 3 is 2.83 bits per heavy atom. The van der Waals surface area contributed by atoms with Crippen LogP contribution in [0.5, 0.6) is 0 Å². The summed E-state index contributed by atoms with van der Waals surface area (Å²) >= 11 is 0. The molecule has 0 aliphatic carbocycles. The van der Waals surface area contributed by atoms with Crippen LogP contribution in [0.2, 0.25) is 0 Å². The predicted octanol–water partition coefficient (Wildman–Crippen LogP) is 2.32. The highest BCUT2D eigenvalue weighted by Gasteiger charge is 2.30. The number of carbonyl (C=O) groups excluding carboxylic acids is 2. The molecule has 0 unspecified atom stereocenters. The van der Waals surface area contributed by atoms with E-state index in [9.17, 15) is 14.7 Å². The lowest BCUT2D eigenvalue weighted by molar-refractivity contribution is 0.0766. The molecule has 1 saturated heterocycles. The Morgan fingerprint density at radius 2 is 2.07 bits per heavy atom. The summed E-state index contributed by atoms with van der Waals surface area (Å²) in [4.78, 5) is 37.9. The first-order valence-corrected chi connectivity index (χ1v) is 10.0. The van der Waals surface area contributed by atoms with Gasteiger partial charge in [-0.3, -0.25) is 19.6 Å². The maximum absolute atomic E-state index is 13.0. The van der Waals surface area contributed by atoms with E-state index in [1.165, 1.54) is 4.90 Å². The molecule has 3 heterocycles. The Kier molecular flexibility index (Phi) is 5.72. The third kappa shape index (κ3) is 3.89. The maximum atomic E-state index is 13.0. The zero-order chi connectivity index (χ0) is 21.1. The number of likely N-dealkylation sites (N-methyl/N-ethyl adjacent to an activating group) is 1. The van der Waals surface area contributed by atoms with Crippen LogP contribution in [0, 0.1) is 0 Å². The molecule has 0 radical (unpaired) electrons. The Morgan fingerprint density at radius 1 is 1.23 bits per heavy atom. The quantitative estimate of drug-likeness (QED) is 0.705. The van der Waals surface area contributed by atoms with E-state index in [0.717, 1.165) is 23.0 Å². The van der Waals surface area contributed by atoms with Gasteiger partial charge in [-0.15, -0.1) is 0 Å². The maximum Gasteiger partial charge on any atom is 0.255 e. The second-order valence-corrected chi connectivity index (χ2v) is 7.54. The number of hydrogen-bond donors (Lipinski definition) is 1. The highest BCUT2D eigenvalue weighted by molar-refractivity contribution is 6.06. The summed E-state index contributed by atoms with van der Waals surface area (Å²) in [6, 6.07) is 12.9. The Labute approximate surface area is 175 Å². The number of nitrogens with zero attached hydrogens (tertiary/aromatic N) is 4. The molecule has 7 nitrogen and oxygen atoms in total. The van der Waals surface area contributed by atoms with E-state index in [4.69, 9.17) is 4.98 Å². The molecular formula is C23H24N4O3.